The number of rotatable bonds is 10. The summed E-state index contributed by atoms with van der Waals surface area (Å²) in [6.45, 7) is 8.15. The maximum atomic E-state index is 12.9. The first-order valence-corrected chi connectivity index (χ1v) is 15.6. The van der Waals surface area contributed by atoms with Crippen molar-refractivity contribution in [1.29, 1.82) is 0 Å². The largest absolute Gasteiger partial charge is 0.382 e. The standard InChI is InChI=1S/C35H45N3O3/c1-40-18-19-41-17-16-37-12-14-38(15-13-37)26-28-2-6-32(7-3-28)34(39)36-33-8-4-27(5-9-33)10-11-35-23-29-20-30(24-35)22-31(21-29)25-35/h2-9,29-31H,12-26H2,1H3,(H,36,39). The van der Waals surface area contributed by atoms with E-state index in [9.17, 15) is 4.79 Å². The number of nitrogens with one attached hydrogen (secondary N) is 1. The lowest BCUT2D eigenvalue weighted by molar-refractivity contribution is -0.0181. The number of amides is 1. The third-order valence-electron chi connectivity index (χ3n) is 9.72. The molecule has 218 valence electrons. The molecule has 2 aromatic rings. The number of anilines is 1. The molecule has 7 rings (SSSR count). The second-order valence-electron chi connectivity index (χ2n) is 12.9. The third kappa shape index (κ3) is 7.40. The Morgan fingerprint density at radius 2 is 1.49 bits per heavy atom. The number of benzene rings is 2. The third-order valence-corrected chi connectivity index (χ3v) is 9.72. The van der Waals surface area contributed by atoms with Crippen molar-refractivity contribution in [2.24, 2.45) is 23.2 Å². The van der Waals surface area contributed by atoms with Crippen molar-refractivity contribution in [2.45, 2.75) is 45.1 Å². The molecule has 1 heterocycles. The van der Waals surface area contributed by atoms with E-state index in [1.165, 1.54) is 44.1 Å². The van der Waals surface area contributed by atoms with Gasteiger partial charge in [0.1, 0.15) is 0 Å². The summed E-state index contributed by atoms with van der Waals surface area (Å²) in [5.41, 5.74) is 4.03. The number of nitrogens with zero attached hydrogens (tertiary/aromatic N) is 2. The maximum absolute atomic E-state index is 12.9. The van der Waals surface area contributed by atoms with Crippen molar-refractivity contribution in [3.8, 4) is 11.8 Å². The van der Waals surface area contributed by atoms with Gasteiger partial charge in [-0.3, -0.25) is 14.6 Å². The highest BCUT2D eigenvalue weighted by Crippen LogP contribution is 2.59. The Morgan fingerprint density at radius 3 is 2.12 bits per heavy atom. The SMILES string of the molecule is COCCOCCN1CCN(Cc2ccc(C(=O)Nc3ccc(C#CC45CC6CC(CC(C6)C4)C5)cc3)cc2)CC1. The summed E-state index contributed by atoms with van der Waals surface area (Å²) in [6.07, 6.45) is 8.26. The van der Waals surface area contributed by atoms with Crippen LogP contribution in [0, 0.1) is 35.0 Å². The van der Waals surface area contributed by atoms with E-state index in [4.69, 9.17) is 9.47 Å². The zero-order valence-electron chi connectivity index (χ0n) is 24.6. The van der Waals surface area contributed by atoms with E-state index in [-0.39, 0.29) is 11.3 Å². The van der Waals surface area contributed by atoms with Crippen LogP contribution in [0.5, 0.6) is 0 Å². The van der Waals surface area contributed by atoms with Gasteiger partial charge in [0.2, 0.25) is 0 Å². The summed E-state index contributed by atoms with van der Waals surface area (Å²) in [7, 11) is 1.70. The molecular formula is C35H45N3O3. The summed E-state index contributed by atoms with van der Waals surface area (Å²) in [4.78, 5) is 17.8. The van der Waals surface area contributed by atoms with E-state index in [0.29, 0.717) is 18.8 Å². The molecule has 0 aromatic heterocycles. The minimum Gasteiger partial charge on any atom is -0.382 e. The average molecular weight is 556 g/mol. The van der Waals surface area contributed by atoms with Gasteiger partial charge >= 0.3 is 0 Å². The normalized spacial score (nSPS) is 27.4. The van der Waals surface area contributed by atoms with Gasteiger partial charge in [-0.2, -0.15) is 0 Å². The van der Waals surface area contributed by atoms with Gasteiger partial charge in [-0.1, -0.05) is 24.0 Å². The fourth-order valence-corrected chi connectivity index (χ4v) is 7.94. The van der Waals surface area contributed by atoms with Gasteiger partial charge in [0, 0.05) is 68.6 Å². The first-order valence-electron chi connectivity index (χ1n) is 15.6. The Kier molecular flexibility index (Phi) is 9.07. The second-order valence-corrected chi connectivity index (χ2v) is 12.9. The Hall–Kier alpha value is -2.69. The van der Waals surface area contributed by atoms with Crippen molar-refractivity contribution < 1.29 is 14.3 Å². The molecule has 1 saturated heterocycles. The Morgan fingerprint density at radius 1 is 0.854 bits per heavy atom. The highest BCUT2D eigenvalue weighted by molar-refractivity contribution is 6.04. The fraction of sp³-hybridized carbons (Fsp3) is 0.571. The monoisotopic (exact) mass is 555 g/mol. The molecule has 1 N–H and O–H groups in total. The summed E-state index contributed by atoms with van der Waals surface area (Å²) in [5, 5.41) is 3.05. The Balaban J connectivity index is 0.947. The quantitative estimate of drug-likeness (QED) is 0.319. The van der Waals surface area contributed by atoms with Crippen LogP contribution in [0.1, 0.15) is 60.0 Å². The Bertz CT molecular complexity index is 1190. The van der Waals surface area contributed by atoms with Gasteiger partial charge in [-0.25, -0.2) is 0 Å². The topological polar surface area (TPSA) is 54.0 Å². The minimum atomic E-state index is -0.0784. The zero-order chi connectivity index (χ0) is 28.1. The molecule has 6 nitrogen and oxygen atoms in total. The van der Waals surface area contributed by atoms with Gasteiger partial charge in [0.25, 0.3) is 5.91 Å². The van der Waals surface area contributed by atoms with E-state index in [0.717, 1.165) is 74.9 Å². The number of piperazine rings is 1. The second kappa shape index (κ2) is 13.1. The summed E-state index contributed by atoms with van der Waals surface area (Å²) in [6, 6.07) is 16.1. The number of ether oxygens (including phenoxy) is 2. The predicted octanol–water partition coefficient (Wildman–Crippen LogP) is 5.29. The van der Waals surface area contributed by atoms with Crippen LogP contribution in [0.3, 0.4) is 0 Å². The molecule has 0 unspecified atom stereocenters. The average Bonchev–Trinajstić information content (AvgIpc) is 2.97. The molecule has 4 saturated carbocycles. The van der Waals surface area contributed by atoms with Gasteiger partial charge in [0.15, 0.2) is 0 Å². The highest BCUT2D eigenvalue weighted by atomic mass is 16.5. The van der Waals surface area contributed by atoms with Crippen LogP contribution in [0.15, 0.2) is 48.5 Å². The minimum absolute atomic E-state index is 0.0784. The van der Waals surface area contributed by atoms with E-state index in [2.05, 4.69) is 39.1 Å². The van der Waals surface area contributed by atoms with Crippen molar-refractivity contribution in [2.75, 3.05) is 65.0 Å². The highest BCUT2D eigenvalue weighted by Gasteiger charge is 2.50. The molecule has 41 heavy (non-hydrogen) atoms. The van der Waals surface area contributed by atoms with Crippen LogP contribution in [-0.2, 0) is 16.0 Å². The molecular weight excluding hydrogens is 510 g/mol. The fourth-order valence-electron chi connectivity index (χ4n) is 7.94. The number of hydrogen-bond acceptors (Lipinski definition) is 5. The molecule has 0 atom stereocenters. The van der Waals surface area contributed by atoms with Crippen LogP contribution in [0.2, 0.25) is 0 Å². The molecule has 6 heteroatoms. The van der Waals surface area contributed by atoms with Crippen LogP contribution < -0.4 is 5.32 Å². The molecule has 0 spiro atoms. The summed E-state index contributed by atoms with van der Waals surface area (Å²) >= 11 is 0. The van der Waals surface area contributed by atoms with Crippen molar-refractivity contribution in [3.63, 3.8) is 0 Å². The number of carbonyl (C=O) groups excluding carboxylic acids is 1. The molecule has 5 fully saturated rings. The lowest BCUT2D eigenvalue weighted by Crippen LogP contribution is -2.46. The van der Waals surface area contributed by atoms with Gasteiger partial charge < -0.3 is 14.8 Å². The lowest BCUT2D eigenvalue weighted by Gasteiger charge is -2.54. The first-order chi connectivity index (χ1) is 20.1. The maximum Gasteiger partial charge on any atom is 0.255 e. The molecule has 1 amide bonds. The molecule has 0 radical (unpaired) electrons. The Labute approximate surface area is 245 Å². The van der Waals surface area contributed by atoms with E-state index < -0.39 is 0 Å². The number of hydrogen-bond donors (Lipinski definition) is 1. The van der Waals surface area contributed by atoms with Crippen molar-refractivity contribution in [1.82, 2.24) is 9.80 Å². The molecule has 4 bridgehead atoms. The van der Waals surface area contributed by atoms with E-state index >= 15 is 0 Å². The van der Waals surface area contributed by atoms with E-state index in [1.54, 1.807) is 7.11 Å². The van der Waals surface area contributed by atoms with Crippen LogP contribution in [-0.4, -0.2) is 75.4 Å². The summed E-state index contributed by atoms with van der Waals surface area (Å²) < 4.78 is 10.6. The van der Waals surface area contributed by atoms with Gasteiger partial charge in [-0.15, -0.1) is 0 Å². The van der Waals surface area contributed by atoms with Crippen LogP contribution >= 0.6 is 0 Å². The smallest absolute Gasteiger partial charge is 0.255 e. The van der Waals surface area contributed by atoms with E-state index in [1.807, 2.05) is 36.4 Å². The molecule has 1 aliphatic heterocycles. The van der Waals surface area contributed by atoms with Gasteiger partial charge in [0.05, 0.1) is 19.8 Å². The first kappa shape index (κ1) is 28.4. The van der Waals surface area contributed by atoms with Crippen molar-refractivity contribution in [3.05, 3.63) is 65.2 Å². The molecule has 4 aliphatic carbocycles. The lowest BCUT2D eigenvalue weighted by atomic mass is 9.50. The number of methoxy groups -OCH3 is 1. The predicted molar refractivity (Wildman–Crippen MR) is 163 cm³/mol. The summed E-state index contributed by atoms with van der Waals surface area (Å²) in [5.74, 6) is 9.89. The van der Waals surface area contributed by atoms with Crippen LogP contribution in [0.25, 0.3) is 0 Å². The molecule has 2 aromatic carbocycles. The van der Waals surface area contributed by atoms with Crippen LogP contribution in [0.4, 0.5) is 5.69 Å². The van der Waals surface area contributed by atoms with Crippen molar-refractivity contribution >= 4 is 11.6 Å². The van der Waals surface area contributed by atoms with Gasteiger partial charge in [-0.05, 0) is 98.2 Å². The number of carbonyl (C=O) groups is 1. The zero-order valence-corrected chi connectivity index (χ0v) is 24.6. The molecule has 5 aliphatic rings.